The maximum Gasteiger partial charge on any atom is 0.272 e. The van der Waals surface area contributed by atoms with Crippen LogP contribution in [0.5, 0.6) is 0 Å². The number of benzene rings is 2. The van der Waals surface area contributed by atoms with Crippen LogP contribution in [0.4, 0.5) is 14.6 Å². The van der Waals surface area contributed by atoms with E-state index in [1.54, 1.807) is 30.3 Å². The SMILES string of the molecule is O=c1[nH]nc(Cc2ccc(F)c(P3(=O)CCN(c4ccc(F)cn4)CC3)c2)c2ccccc12. The molecule has 3 heterocycles. The van der Waals surface area contributed by atoms with Crippen LogP contribution in [-0.2, 0) is 11.0 Å². The lowest BCUT2D eigenvalue weighted by molar-refractivity contribution is 0.570. The van der Waals surface area contributed by atoms with Gasteiger partial charge in [-0.15, -0.1) is 0 Å². The van der Waals surface area contributed by atoms with E-state index in [1.807, 2.05) is 17.0 Å². The lowest BCUT2D eigenvalue weighted by atomic mass is 10.0. The zero-order valence-corrected chi connectivity index (χ0v) is 18.6. The Morgan fingerprint density at radius 1 is 1.00 bits per heavy atom. The molecule has 33 heavy (non-hydrogen) atoms. The fourth-order valence-electron chi connectivity index (χ4n) is 4.29. The zero-order valence-electron chi connectivity index (χ0n) is 17.7. The Morgan fingerprint density at radius 3 is 2.48 bits per heavy atom. The number of pyridine rings is 1. The fourth-order valence-corrected chi connectivity index (χ4v) is 6.99. The summed E-state index contributed by atoms with van der Waals surface area (Å²) in [6, 6.07) is 14.8. The van der Waals surface area contributed by atoms with Crippen LogP contribution in [0.15, 0.2) is 65.6 Å². The first-order chi connectivity index (χ1) is 15.9. The number of aromatic amines is 1. The Hall–Kier alpha value is -3.38. The summed E-state index contributed by atoms with van der Waals surface area (Å²) < 4.78 is 41.7. The van der Waals surface area contributed by atoms with Crippen molar-refractivity contribution in [1.29, 1.82) is 0 Å². The molecule has 0 amide bonds. The molecule has 0 unspecified atom stereocenters. The van der Waals surface area contributed by atoms with Crippen molar-refractivity contribution in [2.24, 2.45) is 0 Å². The summed E-state index contributed by atoms with van der Waals surface area (Å²) >= 11 is 0. The molecule has 6 nitrogen and oxygen atoms in total. The molecule has 2 aromatic carbocycles. The van der Waals surface area contributed by atoms with Crippen molar-refractivity contribution >= 4 is 29.0 Å². The maximum absolute atomic E-state index is 14.8. The molecule has 0 saturated carbocycles. The topological polar surface area (TPSA) is 79.0 Å². The van der Waals surface area contributed by atoms with Gasteiger partial charge in [0, 0.05) is 42.5 Å². The predicted molar refractivity (Wildman–Crippen MR) is 125 cm³/mol. The minimum Gasteiger partial charge on any atom is -0.356 e. The molecule has 1 fully saturated rings. The van der Waals surface area contributed by atoms with E-state index in [4.69, 9.17) is 0 Å². The molecule has 1 aliphatic heterocycles. The van der Waals surface area contributed by atoms with Crippen LogP contribution in [0.2, 0.25) is 0 Å². The fraction of sp³-hybridized carbons (Fsp3) is 0.208. The number of nitrogens with one attached hydrogen (secondary N) is 1. The third-order valence-corrected chi connectivity index (χ3v) is 9.16. The lowest BCUT2D eigenvalue weighted by Gasteiger charge is -2.33. The highest BCUT2D eigenvalue weighted by molar-refractivity contribution is 7.71. The first-order valence-corrected chi connectivity index (χ1v) is 12.7. The van der Waals surface area contributed by atoms with Gasteiger partial charge in [0.2, 0.25) is 0 Å². The van der Waals surface area contributed by atoms with Crippen LogP contribution >= 0.6 is 7.14 Å². The van der Waals surface area contributed by atoms with Gasteiger partial charge in [-0.1, -0.05) is 24.3 Å². The van der Waals surface area contributed by atoms with Crippen molar-refractivity contribution < 1.29 is 13.3 Å². The van der Waals surface area contributed by atoms with Crippen LogP contribution in [0.25, 0.3) is 10.8 Å². The third kappa shape index (κ3) is 4.18. The summed E-state index contributed by atoms with van der Waals surface area (Å²) in [6.07, 6.45) is 2.15. The molecule has 0 spiro atoms. The summed E-state index contributed by atoms with van der Waals surface area (Å²) in [4.78, 5) is 18.1. The van der Waals surface area contributed by atoms with Crippen molar-refractivity contribution in [2.75, 3.05) is 30.3 Å². The molecule has 168 valence electrons. The van der Waals surface area contributed by atoms with Crippen LogP contribution in [0.3, 0.4) is 0 Å². The van der Waals surface area contributed by atoms with E-state index in [-0.39, 0.29) is 10.9 Å². The number of fused-ring (bicyclic) bond motifs is 1. The Morgan fingerprint density at radius 2 is 1.76 bits per heavy atom. The second kappa shape index (κ2) is 8.52. The average Bonchev–Trinajstić information content (AvgIpc) is 2.83. The van der Waals surface area contributed by atoms with Crippen LogP contribution in [0, 0.1) is 11.6 Å². The van der Waals surface area contributed by atoms with Crippen LogP contribution in [0.1, 0.15) is 11.3 Å². The number of hydrogen-bond donors (Lipinski definition) is 1. The Labute approximate surface area is 188 Å². The quantitative estimate of drug-likeness (QED) is 0.464. The second-order valence-electron chi connectivity index (χ2n) is 8.17. The number of aromatic nitrogens is 3. The third-order valence-electron chi connectivity index (χ3n) is 6.09. The Balaban J connectivity index is 1.40. The van der Waals surface area contributed by atoms with Crippen molar-refractivity contribution in [3.05, 3.63) is 94.0 Å². The van der Waals surface area contributed by atoms with Gasteiger partial charge >= 0.3 is 0 Å². The second-order valence-corrected chi connectivity index (χ2v) is 11.3. The summed E-state index contributed by atoms with van der Waals surface area (Å²) in [7, 11) is -2.96. The van der Waals surface area contributed by atoms with E-state index < -0.39 is 18.8 Å². The van der Waals surface area contributed by atoms with Gasteiger partial charge < -0.3 is 9.46 Å². The largest absolute Gasteiger partial charge is 0.356 e. The summed E-state index contributed by atoms with van der Waals surface area (Å²) in [5.74, 6) is -0.271. The molecule has 9 heteroatoms. The average molecular weight is 466 g/mol. The van der Waals surface area contributed by atoms with Gasteiger partial charge in [-0.3, -0.25) is 4.79 Å². The van der Waals surface area contributed by atoms with Gasteiger partial charge in [-0.2, -0.15) is 5.10 Å². The molecule has 0 aliphatic carbocycles. The van der Waals surface area contributed by atoms with Crippen molar-refractivity contribution in [2.45, 2.75) is 6.42 Å². The number of halogens is 2. The van der Waals surface area contributed by atoms with E-state index in [1.165, 1.54) is 12.1 Å². The van der Waals surface area contributed by atoms with E-state index in [2.05, 4.69) is 15.2 Å². The molecule has 1 N–H and O–H groups in total. The lowest BCUT2D eigenvalue weighted by Crippen LogP contribution is -2.38. The smallest absolute Gasteiger partial charge is 0.272 e. The predicted octanol–water partition coefficient (Wildman–Crippen LogP) is 3.70. The first kappa shape index (κ1) is 21.5. The van der Waals surface area contributed by atoms with E-state index in [0.29, 0.717) is 48.7 Å². The molecular formula is C24H21F2N4O2P. The van der Waals surface area contributed by atoms with Gasteiger partial charge in [-0.05, 0) is 35.9 Å². The maximum atomic E-state index is 14.8. The first-order valence-electron chi connectivity index (χ1n) is 10.6. The van der Waals surface area contributed by atoms with E-state index >= 15 is 0 Å². The van der Waals surface area contributed by atoms with Gasteiger partial charge in [0.15, 0.2) is 0 Å². The van der Waals surface area contributed by atoms with Crippen LogP contribution in [-0.4, -0.2) is 40.6 Å². The molecule has 1 saturated heterocycles. The van der Waals surface area contributed by atoms with Gasteiger partial charge in [-0.25, -0.2) is 18.9 Å². The number of H-pyrrole nitrogens is 1. The molecule has 1 aliphatic rings. The summed E-state index contributed by atoms with van der Waals surface area (Å²) in [5.41, 5.74) is 1.17. The Bertz CT molecular complexity index is 1430. The van der Waals surface area contributed by atoms with Crippen LogP contribution < -0.4 is 15.8 Å². The normalized spacial score (nSPS) is 15.6. The number of hydrogen-bond acceptors (Lipinski definition) is 5. The van der Waals surface area contributed by atoms with E-state index in [9.17, 15) is 18.1 Å². The number of anilines is 1. The molecule has 4 aromatic rings. The van der Waals surface area contributed by atoms with Gasteiger partial charge in [0.25, 0.3) is 5.56 Å². The molecular weight excluding hydrogens is 445 g/mol. The zero-order chi connectivity index (χ0) is 23.0. The van der Waals surface area contributed by atoms with E-state index in [0.717, 1.165) is 17.1 Å². The standard InChI is InChI=1S/C24H21F2N4O2P/c25-17-6-8-23(27-15-17)30-9-11-33(32,12-10-30)22-14-16(5-7-20(22)26)13-21-18-3-1-2-4-19(18)24(31)29-28-21/h1-8,14-15H,9-13H2,(H,29,31). The summed E-state index contributed by atoms with van der Waals surface area (Å²) in [5, 5.41) is 8.23. The highest BCUT2D eigenvalue weighted by atomic mass is 31.2. The minimum atomic E-state index is -2.96. The molecule has 5 rings (SSSR count). The van der Waals surface area contributed by atoms with Gasteiger partial charge in [0.1, 0.15) is 24.6 Å². The molecule has 0 radical (unpaired) electrons. The minimum absolute atomic E-state index is 0.250. The monoisotopic (exact) mass is 466 g/mol. The van der Waals surface area contributed by atoms with Crippen molar-refractivity contribution in [1.82, 2.24) is 15.2 Å². The summed E-state index contributed by atoms with van der Waals surface area (Å²) in [6.45, 7) is 0.900. The van der Waals surface area contributed by atoms with Crippen molar-refractivity contribution in [3.63, 3.8) is 0 Å². The highest BCUT2D eigenvalue weighted by Crippen LogP contribution is 2.47. The van der Waals surface area contributed by atoms with Crippen molar-refractivity contribution in [3.8, 4) is 0 Å². The number of rotatable bonds is 4. The molecule has 0 atom stereocenters. The molecule has 0 bridgehead atoms. The highest BCUT2D eigenvalue weighted by Gasteiger charge is 2.33. The van der Waals surface area contributed by atoms with Gasteiger partial charge in [0.05, 0.1) is 17.3 Å². The molecule has 2 aromatic heterocycles. The number of nitrogens with zero attached hydrogens (tertiary/aromatic N) is 3. The Kier molecular flexibility index (Phi) is 5.54.